The van der Waals surface area contributed by atoms with Crippen LogP contribution in [0, 0.1) is 16.7 Å². The molecule has 0 aromatic heterocycles. The lowest BCUT2D eigenvalue weighted by Gasteiger charge is -2.51. The van der Waals surface area contributed by atoms with Gasteiger partial charge in [0.05, 0.1) is 5.60 Å². The van der Waals surface area contributed by atoms with Crippen molar-refractivity contribution in [2.45, 2.75) is 116 Å². The molecule has 31 heavy (non-hydrogen) atoms. The van der Waals surface area contributed by atoms with Gasteiger partial charge in [0, 0.05) is 44.6 Å². The highest BCUT2D eigenvalue weighted by Crippen LogP contribution is 2.64. The van der Waals surface area contributed by atoms with Gasteiger partial charge in [0.2, 0.25) is 11.8 Å². The number of hydrogen-bond acceptors (Lipinski definition) is 4. The van der Waals surface area contributed by atoms with Gasteiger partial charge in [0.25, 0.3) is 0 Å². The Morgan fingerprint density at radius 1 is 1.00 bits per heavy atom. The minimum absolute atomic E-state index is 0.0599. The number of nitrogens with one attached hydrogen (secondary N) is 2. The molecule has 0 aromatic carbocycles. The lowest BCUT2D eigenvalue weighted by Crippen LogP contribution is -2.55. The first-order valence-electron chi connectivity index (χ1n) is 12.5. The molecule has 1 aliphatic heterocycles. The fraction of sp³-hybridized carbons (Fsp3) is 0.920. The van der Waals surface area contributed by atoms with Gasteiger partial charge in [-0.2, -0.15) is 0 Å². The van der Waals surface area contributed by atoms with Gasteiger partial charge in [0.1, 0.15) is 0 Å². The highest BCUT2D eigenvalue weighted by molar-refractivity contribution is 5.76. The second-order valence-corrected chi connectivity index (χ2v) is 12.0. The van der Waals surface area contributed by atoms with Crippen LogP contribution in [0.15, 0.2) is 0 Å². The molecule has 0 spiro atoms. The smallest absolute Gasteiger partial charge is 0.220 e. The summed E-state index contributed by atoms with van der Waals surface area (Å²) in [5.41, 5.74) is -0.414. The molecule has 6 heteroatoms. The summed E-state index contributed by atoms with van der Waals surface area (Å²) >= 11 is 0. The number of aliphatic hydroxyl groups is 1. The average Bonchev–Trinajstić information content (AvgIpc) is 3.47. The largest absolute Gasteiger partial charge is 0.390 e. The van der Waals surface area contributed by atoms with Crippen molar-refractivity contribution >= 4 is 11.8 Å². The SMILES string of the molecule is CC(=O)N1CCC(NC2CC(C)(C)C3CC(C)(O)CCC23CCC(=O)NC2CC2)CC1. The molecule has 4 atom stereocenters. The lowest BCUT2D eigenvalue weighted by molar-refractivity contribution is -0.130. The summed E-state index contributed by atoms with van der Waals surface area (Å²) in [6.45, 7) is 10.0. The van der Waals surface area contributed by atoms with E-state index in [1.165, 1.54) is 0 Å². The number of rotatable bonds is 6. The standard InChI is InChI=1S/C25H43N3O3/c1-17(29)28-13-8-19(9-14-28)26-21-16-23(2,3)20-15-24(4,31)11-12-25(20,21)10-7-22(30)27-18-5-6-18/h18-21,26,31H,5-16H2,1-4H3,(H,27,30). The monoisotopic (exact) mass is 433 g/mol. The van der Waals surface area contributed by atoms with Crippen LogP contribution in [0.2, 0.25) is 0 Å². The van der Waals surface area contributed by atoms with Crippen LogP contribution in [0.5, 0.6) is 0 Å². The van der Waals surface area contributed by atoms with Crippen molar-refractivity contribution in [3.8, 4) is 0 Å². The third-order valence-corrected chi connectivity index (χ3v) is 8.97. The van der Waals surface area contributed by atoms with Gasteiger partial charge >= 0.3 is 0 Å². The first kappa shape index (κ1) is 23.0. The van der Waals surface area contributed by atoms with Gasteiger partial charge < -0.3 is 20.6 Å². The van der Waals surface area contributed by atoms with Gasteiger partial charge in [-0.3, -0.25) is 9.59 Å². The molecule has 3 N–H and O–H groups in total. The summed E-state index contributed by atoms with van der Waals surface area (Å²) in [4.78, 5) is 26.3. The zero-order valence-electron chi connectivity index (χ0n) is 20.0. The van der Waals surface area contributed by atoms with E-state index in [4.69, 9.17) is 0 Å². The van der Waals surface area contributed by atoms with Crippen molar-refractivity contribution in [1.29, 1.82) is 0 Å². The van der Waals surface area contributed by atoms with Crippen LogP contribution in [-0.4, -0.2) is 58.6 Å². The van der Waals surface area contributed by atoms with E-state index in [-0.39, 0.29) is 22.6 Å². The molecule has 3 aliphatic carbocycles. The molecule has 176 valence electrons. The number of carbonyl (C=O) groups excluding carboxylic acids is 2. The Morgan fingerprint density at radius 3 is 2.29 bits per heavy atom. The number of hydrogen-bond donors (Lipinski definition) is 3. The molecule has 4 fully saturated rings. The van der Waals surface area contributed by atoms with Crippen LogP contribution >= 0.6 is 0 Å². The van der Waals surface area contributed by atoms with Crippen molar-refractivity contribution < 1.29 is 14.7 Å². The zero-order valence-corrected chi connectivity index (χ0v) is 20.0. The molecule has 6 nitrogen and oxygen atoms in total. The number of nitrogens with zero attached hydrogens (tertiary/aromatic N) is 1. The summed E-state index contributed by atoms with van der Waals surface area (Å²) in [5.74, 6) is 0.784. The number of likely N-dealkylation sites (tertiary alicyclic amines) is 1. The molecule has 1 saturated heterocycles. The summed E-state index contributed by atoms with van der Waals surface area (Å²) in [6.07, 6.45) is 9.44. The molecule has 4 unspecified atom stereocenters. The first-order valence-corrected chi connectivity index (χ1v) is 12.5. The maximum Gasteiger partial charge on any atom is 0.220 e. The van der Waals surface area contributed by atoms with Crippen LogP contribution < -0.4 is 10.6 Å². The highest BCUT2D eigenvalue weighted by Gasteiger charge is 2.61. The molecule has 0 bridgehead atoms. The Labute approximate surface area is 187 Å². The Balaban J connectivity index is 1.49. The predicted molar refractivity (Wildman–Crippen MR) is 121 cm³/mol. The van der Waals surface area contributed by atoms with E-state index in [9.17, 15) is 14.7 Å². The Bertz CT molecular complexity index is 694. The summed E-state index contributed by atoms with van der Waals surface area (Å²) in [7, 11) is 0. The Kier molecular flexibility index (Phi) is 6.19. The van der Waals surface area contributed by atoms with Crippen LogP contribution in [0.4, 0.5) is 0 Å². The van der Waals surface area contributed by atoms with Gasteiger partial charge in [-0.1, -0.05) is 13.8 Å². The highest BCUT2D eigenvalue weighted by atomic mass is 16.3. The van der Waals surface area contributed by atoms with Gasteiger partial charge in [-0.15, -0.1) is 0 Å². The quantitative estimate of drug-likeness (QED) is 0.601. The van der Waals surface area contributed by atoms with Crippen molar-refractivity contribution in [3.05, 3.63) is 0 Å². The predicted octanol–water partition coefficient (Wildman–Crippen LogP) is 2.98. The van der Waals surface area contributed by atoms with Crippen LogP contribution in [0.25, 0.3) is 0 Å². The molecule has 4 aliphatic rings. The van der Waals surface area contributed by atoms with Crippen molar-refractivity contribution in [1.82, 2.24) is 15.5 Å². The van der Waals surface area contributed by atoms with E-state index in [1.807, 2.05) is 11.8 Å². The van der Waals surface area contributed by atoms with E-state index >= 15 is 0 Å². The van der Waals surface area contributed by atoms with Crippen LogP contribution in [0.1, 0.15) is 91.9 Å². The molecule has 0 radical (unpaired) electrons. The third kappa shape index (κ3) is 4.95. The summed E-state index contributed by atoms with van der Waals surface area (Å²) < 4.78 is 0. The molecular formula is C25H43N3O3. The first-order chi connectivity index (χ1) is 14.5. The molecule has 4 rings (SSSR count). The van der Waals surface area contributed by atoms with Crippen LogP contribution in [0.3, 0.4) is 0 Å². The third-order valence-electron chi connectivity index (χ3n) is 8.97. The Hall–Kier alpha value is -1.14. The van der Waals surface area contributed by atoms with E-state index < -0.39 is 5.60 Å². The molecule has 0 aromatic rings. The molecule has 1 heterocycles. The lowest BCUT2D eigenvalue weighted by atomic mass is 9.57. The number of fused-ring (bicyclic) bond motifs is 1. The van der Waals surface area contributed by atoms with E-state index in [0.29, 0.717) is 30.5 Å². The fourth-order valence-corrected chi connectivity index (χ4v) is 6.98. The summed E-state index contributed by atoms with van der Waals surface area (Å²) in [6, 6.07) is 1.20. The maximum atomic E-state index is 12.6. The minimum atomic E-state index is -0.608. The number of piperidine rings is 1. The van der Waals surface area contributed by atoms with E-state index in [0.717, 1.165) is 70.9 Å². The average molecular weight is 434 g/mol. The maximum absolute atomic E-state index is 12.6. The van der Waals surface area contributed by atoms with Gasteiger partial charge in [-0.25, -0.2) is 0 Å². The minimum Gasteiger partial charge on any atom is -0.390 e. The van der Waals surface area contributed by atoms with Crippen molar-refractivity contribution in [2.24, 2.45) is 16.7 Å². The van der Waals surface area contributed by atoms with E-state index in [2.05, 4.69) is 24.5 Å². The topological polar surface area (TPSA) is 81.7 Å². The van der Waals surface area contributed by atoms with Crippen LogP contribution in [-0.2, 0) is 9.59 Å². The van der Waals surface area contributed by atoms with Gasteiger partial charge in [-0.05, 0) is 81.5 Å². The number of amides is 2. The second kappa shape index (κ2) is 8.33. The fourth-order valence-electron chi connectivity index (χ4n) is 6.98. The molecular weight excluding hydrogens is 390 g/mol. The van der Waals surface area contributed by atoms with Crippen molar-refractivity contribution in [3.63, 3.8) is 0 Å². The number of carbonyl (C=O) groups is 2. The van der Waals surface area contributed by atoms with Crippen molar-refractivity contribution in [2.75, 3.05) is 13.1 Å². The molecule has 3 saturated carbocycles. The Morgan fingerprint density at radius 2 is 1.68 bits per heavy atom. The second-order valence-electron chi connectivity index (χ2n) is 12.0. The molecule has 2 amide bonds. The summed E-state index contributed by atoms with van der Waals surface area (Å²) in [5, 5.41) is 18.1. The normalized spacial score (nSPS) is 38.0. The van der Waals surface area contributed by atoms with Gasteiger partial charge in [0.15, 0.2) is 0 Å². The zero-order chi connectivity index (χ0) is 22.4. The van der Waals surface area contributed by atoms with E-state index in [1.54, 1.807) is 6.92 Å².